The first-order chi connectivity index (χ1) is 6.72. The lowest BCUT2D eigenvalue weighted by atomic mass is 10.3. The van der Waals surface area contributed by atoms with Gasteiger partial charge in [0.05, 0.1) is 0 Å². The fraction of sp³-hybridized carbons (Fsp3) is 0.300. The van der Waals surface area contributed by atoms with Crippen LogP contribution in [-0.4, -0.2) is 20.4 Å². The number of ketones is 1. The van der Waals surface area contributed by atoms with Gasteiger partial charge in [-0.25, -0.2) is 9.50 Å². The molecule has 2 heterocycles. The lowest BCUT2D eigenvalue weighted by Gasteiger charge is -1.97. The van der Waals surface area contributed by atoms with Gasteiger partial charge in [-0.05, 0) is 12.1 Å². The Kier molecular flexibility index (Phi) is 2.04. The molecule has 0 spiro atoms. The molecule has 0 atom stereocenters. The summed E-state index contributed by atoms with van der Waals surface area (Å²) in [6.07, 6.45) is 0.777. The largest absolute Gasteiger partial charge is 0.293 e. The van der Waals surface area contributed by atoms with Crippen molar-refractivity contribution < 1.29 is 4.79 Å². The first-order valence-corrected chi connectivity index (χ1v) is 4.58. The Morgan fingerprint density at radius 3 is 2.93 bits per heavy atom. The van der Waals surface area contributed by atoms with Gasteiger partial charge in [-0.2, -0.15) is 5.10 Å². The molecule has 0 fully saturated rings. The van der Waals surface area contributed by atoms with Gasteiger partial charge in [-0.15, -0.1) is 0 Å². The Hall–Kier alpha value is -1.71. The van der Waals surface area contributed by atoms with Crippen molar-refractivity contribution >= 4 is 11.4 Å². The van der Waals surface area contributed by atoms with Crippen LogP contribution >= 0.6 is 0 Å². The molecule has 0 aromatic carbocycles. The van der Waals surface area contributed by atoms with Gasteiger partial charge in [-0.1, -0.05) is 13.0 Å². The monoisotopic (exact) mass is 189 g/mol. The van der Waals surface area contributed by atoms with Crippen molar-refractivity contribution in [1.29, 1.82) is 0 Å². The highest BCUT2D eigenvalue weighted by atomic mass is 16.1. The predicted molar refractivity (Wildman–Crippen MR) is 52.4 cm³/mol. The zero-order valence-corrected chi connectivity index (χ0v) is 8.19. The van der Waals surface area contributed by atoms with Gasteiger partial charge in [0.2, 0.25) is 0 Å². The molecule has 14 heavy (non-hydrogen) atoms. The third-order valence-electron chi connectivity index (χ3n) is 2.08. The number of Topliss-reactive ketones (excluding diaryl/α,β-unsaturated/α-hetero) is 1. The Morgan fingerprint density at radius 2 is 2.29 bits per heavy atom. The van der Waals surface area contributed by atoms with Gasteiger partial charge in [-0.3, -0.25) is 4.79 Å². The minimum absolute atomic E-state index is 0.00292. The molecule has 4 nitrogen and oxygen atoms in total. The molecule has 0 radical (unpaired) electrons. The van der Waals surface area contributed by atoms with Crippen molar-refractivity contribution in [1.82, 2.24) is 14.6 Å². The van der Waals surface area contributed by atoms with Crippen molar-refractivity contribution in [2.75, 3.05) is 0 Å². The van der Waals surface area contributed by atoms with E-state index in [1.54, 1.807) is 10.6 Å². The van der Waals surface area contributed by atoms with Crippen molar-refractivity contribution in [3.63, 3.8) is 0 Å². The summed E-state index contributed by atoms with van der Waals surface area (Å²) in [7, 11) is 0. The van der Waals surface area contributed by atoms with Crippen molar-refractivity contribution in [3.05, 3.63) is 29.7 Å². The van der Waals surface area contributed by atoms with E-state index in [2.05, 4.69) is 10.1 Å². The van der Waals surface area contributed by atoms with Gasteiger partial charge in [0, 0.05) is 13.3 Å². The highest BCUT2D eigenvalue weighted by Gasteiger charge is 2.08. The lowest BCUT2D eigenvalue weighted by Crippen LogP contribution is -2.03. The molecule has 0 amide bonds. The number of aryl methyl sites for hydroxylation is 1. The highest BCUT2D eigenvalue weighted by Crippen LogP contribution is 2.06. The molecule has 0 aliphatic heterocycles. The van der Waals surface area contributed by atoms with E-state index in [9.17, 15) is 4.79 Å². The average molecular weight is 189 g/mol. The van der Waals surface area contributed by atoms with E-state index in [1.807, 2.05) is 19.1 Å². The quantitative estimate of drug-likeness (QED) is 0.672. The lowest BCUT2D eigenvalue weighted by molar-refractivity contribution is 0.101. The van der Waals surface area contributed by atoms with E-state index in [0.29, 0.717) is 5.69 Å². The summed E-state index contributed by atoms with van der Waals surface area (Å²) in [4.78, 5) is 15.5. The van der Waals surface area contributed by atoms with Gasteiger partial charge in [0.1, 0.15) is 5.69 Å². The summed E-state index contributed by atoms with van der Waals surface area (Å²) in [6, 6.07) is 5.42. The van der Waals surface area contributed by atoms with E-state index >= 15 is 0 Å². The zero-order valence-electron chi connectivity index (χ0n) is 8.19. The van der Waals surface area contributed by atoms with Crippen molar-refractivity contribution in [2.45, 2.75) is 20.3 Å². The van der Waals surface area contributed by atoms with Crippen LogP contribution in [0, 0.1) is 0 Å². The van der Waals surface area contributed by atoms with Crippen LogP contribution in [0.2, 0.25) is 0 Å². The van der Waals surface area contributed by atoms with E-state index < -0.39 is 0 Å². The topological polar surface area (TPSA) is 47.3 Å². The highest BCUT2D eigenvalue weighted by molar-refractivity contribution is 5.92. The number of hydrogen-bond acceptors (Lipinski definition) is 3. The van der Waals surface area contributed by atoms with Crippen LogP contribution in [0.1, 0.15) is 30.2 Å². The second-order valence-electron chi connectivity index (χ2n) is 3.12. The van der Waals surface area contributed by atoms with Crippen LogP contribution in [0.5, 0.6) is 0 Å². The minimum Gasteiger partial charge on any atom is -0.293 e. The van der Waals surface area contributed by atoms with Crippen LogP contribution in [0.4, 0.5) is 0 Å². The second kappa shape index (κ2) is 3.21. The van der Waals surface area contributed by atoms with Gasteiger partial charge in [0.25, 0.3) is 0 Å². The predicted octanol–water partition coefficient (Wildman–Crippen LogP) is 1.49. The fourth-order valence-electron chi connectivity index (χ4n) is 1.37. The molecule has 2 rings (SSSR count). The minimum atomic E-state index is 0.00292. The molecular weight excluding hydrogens is 178 g/mol. The molecule has 2 aromatic heterocycles. The van der Waals surface area contributed by atoms with E-state index in [4.69, 9.17) is 0 Å². The van der Waals surface area contributed by atoms with E-state index in [-0.39, 0.29) is 5.78 Å². The van der Waals surface area contributed by atoms with Crippen molar-refractivity contribution in [2.24, 2.45) is 0 Å². The number of nitrogens with zero attached hydrogens (tertiary/aromatic N) is 3. The molecule has 0 saturated heterocycles. The number of carbonyl (C=O) groups excluding carboxylic acids is 1. The van der Waals surface area contributed by atoms with Gasteiger partial charge in [0.15, 0.2) is 17.3 Å². The maximum absolute atomic E-state index is 11.3. The van der Waals surface area contributed by atoms with Gasteiger partial charge < -0.3 is 0 Å². The van der Waals surface area contributed by atoms with Crippen LogP contribution in [0.3, 0.4) is 0 Å². The molecule has 0 unspecified atom stereocenters. The zero-order chi connectivity index (χ0) is 10.1. The standard InChI is InChI=1S/C10H11N3O/c1-3-9-11-10-6-4-5-8(7(2)14)13(10)12-9/h4-6H,3H2,1-2H3. The molecule has 72 valence electrons. The average Bonchev–Trinajstić information content (AvgIpc) is 2.59. The second-order valence-corrected chi connectivity index (χ2v) is 3.12. The smallest absolute Gasteiger partial charge is 0.178 e. The first-order valence-electron chi connectivity index (χ1n) is 4.58. The van der Waals surface area contributed by atoms with Crippen LogP contribution in [0.25, 0.3) is 5.65 Å². The number of pyridine rings is 1. The normalized spacial score (nSPS) is 10.7. The Labute approximate surface area is 81.6 Å². The van der Waals surface area contributed by atoms with Crippen LogP contribution < -0.4 is 0 Å². The maximum atomic E-state index is 11.3. The summed E-state index contributed by atoms with van der Waals surface area (Å²) >= 11 is 0. The third-order valence-corrected chi connectivity index (χ3v) is 2.08. The SMILES string of the molecule is CCc1nc2cccc(C(C)=O)n2n1. The number of aromatic nitrogens is 3. The number of hydrogen-bond donors (Lipinski definition) is 0. The maximum Gasteiger partial charge on any atom is 0.178 e. The molecule has 0 N–H and O–H groups in total. The summed E-state index contributed by atoms with van der Waals surface area (Å²) < 4.78 is 1.60. The summed E-state index contributed by atoms with van der Waals surface area (Å²) in [5.74, 6) is 0.766. The number of carbonyl (C=O) groups is 1. The summed E-state index contributed by atoms with van der Waals surface area (Å²) in [6.45, 7) is 3.52. The number of fused-ring (bicyclic) bond motifs is 1. The van der Waals surface area contributed by atoms with Crippen LogP contribution in [-0.2, 0) is 6.42 Å². The van der Waals surface area contributed by atoms with Gasteiger partial charge >= 0.3 is 0 Å². The van der Waals surface area contributed by atoms with E-state index in [1.165, 1.54) is 6.92 Å². The summed E-state index contributed by atoms with van der Waals surface area (Å²) in [5, 5.41) is 4.24. The Morgan fingerprint density at radius 1 is 1.50 bits per heavy atom. The Bertz CT molecular complexity index is 487. The number of rotatable bonds is 2. The molecule has 4 heteroatoms. The summed E-state index contributed by atoms with van der Waals surface area (Å²) in [5.41, 5.74) is 1.31. The first kappa shape index (κ1) is 8.87. The molecule has 0 bridgehead atoms. The Balaban J connectivity index is 2.73. The molecule has 0 aliphatic carbocycles. The molecule has 0 aliphatic rings. The van der Waals surface area contributed by atoms with E-state index in [0.717, 1.165) is 17.9 Å². The molecule has 2 aromatic rings. The van der Waals surface area contributed by atoms with Crippen molar-refractivity contribution in [3.8, 4) is 0 Å². The third kappa shape index (κ3) is 1.28. The van der Waals surface area contributed by atoms with Crippen LogP contribution in [0.15, 0.2) is 18.2 Å². The molecule has 0 saturated carbocycles. The molecular formula is C10H11N3O. The fourth-order valence-corrected chi connectivity index (χ4v) is 1.37.